The van der Waals surface area contributed by atoms with Crippen LogP contribution in [0.4, 0.5) is 0 Å². The number of nitrogens with zero attached hydrogens (tertiary/aromatic N) is 1. The standard InChI is InChI=1S/C18H20N2O.C7H6O2/c19-17(12-15-9-5-2-6-10-15)18-13-16(20-21-18)11-14-7-3-1-4-8-14;8-7(9)6-4-2-1-3-5-6/h1-10,17-18H,11-13,19H2;1-5H,(H,8,9). The Balaban J connectivity index is 0.000000239. The van der Waals surface area contributed by atoms with Gasteiger partial charge in [-0.15, -0.1) is 0 Å². The van der Waals surface area contributed by atoms with Crippen molar-refractivity contribution < 1.29 is 14.7 Å². The lowest BCUT2D eigenvalue weighted by Crippen LogP contribution is -2.36. The zero-order chi connectivity index (χ0) is 21.2. The summed E-state index contributed by atoms with van der Waals surface area (Å²) in [5.41, 5.74) is 10.2. The fourth-order valence-corrected chi connectivity index (χ4v) is 3.21. The summed E-state index contributed by atoms with van der Waals surface area (Å²) >= 11 is 0. The first-order valence-corrected chi connectivity index (χ1v) is 9.95. The Hall–Kier alpha value is -3.44. The van der Waals surface area contributed by atoms with Crippen LogP contribution in [0.5, 0.6) is 0 Å². The van der Waals surface area contributed by atoms with Crippen LogP contribution in [0.1, 0.15) is 27.9 Å². The Labute approximate surface area is 176 Å². The first-order chi connectivity index (χ1) is 14.6. The smallest absolute Gasteiger partial charge is 0.335 e. The lowest BCUT2D eigenvalue weighted by atomic mass is 9.97. The van der Waals surface area contributed by atoms with Gasteiger partial charge in [-0.05, 0) is 29.7 Å². The number of aromatic carboxylic acids is 1. The zero-order valence-corrected chi connectivity index (χ0v) is 16.7. The molecular weight excluding hydrogens is 376 g/mol. The molecule has 5 nitrogen and oxygen atoms in total. The van der Waals surface area contributed by atoms with Gasteiger partial charge in [-0.3, -0.25) is 0 Å². The highest BCUT2D eigenvalue weighted by Gasteiger charge is 2.27. The van der Waals surface area contributed by atoms with E-state index in [1.54, 1.807) is 30.3 Å². The molecule has 0 radical (unpaired) electrons. The van der Waals surface area contributed by atoms with E-state index in [-0.39, 0.29) is 12.1 Å². The van der Waals surface area contributed by atoms with Crippen molar-refractivity contribution in [1.82, 2.24) is 0 Å². The molecule has 1 aliphatic rings. The molecule has 0 saturated carbocycles. The van der Waals surface area contributed by atoms with E-state index in [9.17, 15) is 4.79 Å². The minimum Gasteiger partial charge on any atom is -0.478 e. The number of carbonyl (C=O) groups is 1. The van der Waals surface area contributed by atoms with Crippen LogP contribution in [0, 0.1) is 0 Å². The van der Waals surface area contributed by atoms with Crippen molar-refractivity contribution >= 4 is 11.7 Å². The fourth-order valence-electron chi connectivity index (χ4n) is 3.21. The molecule has 3 aromatic carbocycles. The monoisotopic (exact) mass is 402 g/mol. The van der Waals surface area contributed by atoms with Crippen LogP contribution >= 0.6 is 0 Å². The van der Waals surface area contributed by atoms with Gasteiger partial charge in [-0.25, -0.2) is 4.79 Å². The number of hydrogen-bond donors (Lipinski definition) is 2. The lowest BCUT2D eigenvalue weighted by Gasteiger charge is -2.17. The SMILES string of the molecule is NC(Cc1ccccc1)C1CC(Cc2ccccc2)=NO1.O=C(O)c1ccccc1. The highest BCUT2D eigenvalue weighted by atomic mass is 16.6. The minimum atomic E-state index is -0.879. The molecule has 1 heterocycles. The summed E-state index contributed by atoms with van der Waals surface area (Å²) < 4.78 is 0. The molecule has 0 bridgehead atoms. The van der Waals surface area contributed by atoms with Gasteiger partial charge >= 0.3 is 5.97 Å². The number of benzene rings is 3. The second-order valence-electron chi connectivity index (χ2n) is 7.19. The van der Waals surface area contributed by atoms with Crippen molar-refractivity contribution in [3.8, 4) is 0 Å². The Bertz CT molecular complexity index is 944. The highest BCUT2D eigenvalue weighted by Crippen LogP contribution is 2.18. The van der Waals surface area contributed by atoms with Crippen LogP contribution in [0.2, 0.25) is 0 Å². The summed E-state index contributed by atoms with van der Waals surface area (Å²) in [4.78, 5) is 15.7. The third kappa shape index (κ3) is 6.57. The van der Waals surface area contributed by atoms with E-state index >= 15 is 0 Å². The molecule has 0 spiro atoms. The highest BCUT2D eigenvalue weighted by molar-refractivity contribution is 5.87. The summed E-state index contributed by atoms with van der Waals surface area (Å²) in [6.45, 7) is 0. The second kappa shape index (κ2) is 10.9. The van der Waals surface area contributed by atoms with Crippen molar-refractivity contribution in [2.24, 2.45) is 10.9 Å². The fraction of sp³-hybridized carbons (Fsp3) is 0.200. The number of carboxylic acid groups (broad SMARTS) is 1. The normalized spacial score (nSPS) is 15.9. The molecule has 30 heavy (non-hydrogen) atoms. The average molecular weight is 402 g/mol. The average Bonchev–Trinajstić information content (AvgIpc) is 3.25. The van der Waals surface area contributed by atoms with E-state index < -0.39 is 5.97 Å². The van der Waals surface area contributed by atoms with E-state index in [1.807, 2.05) is 36.4 Å². The van der Waals surface area contributed by atoms with Crippen LogP contribution in [-0.4, -0.2) is 28.9 Å². The molecule has 2 atom stereocenters. The van der Waals surface area contributed by atoms with E-state index in [2.05, 4.69) is 29.4 Å². The predicted molar refractivity (Wildman–Crippen MR) is 119 cm³/mol. The quantitative estimate of drug-likeness (QED) is 0.643. The molecule has 154 valence electrons. The Morgan fingerprint density at radius 1 is 0.933 bits per heavy atom. The number of carboxylic acids is 1. The van der Waals surface area contributed by atoms with Crippen LogP contribution in [0.15, 0.2) is 96.2 Å². The third-order valence-corrected chi connectivity index (χ3v) is 4.82. The molecular formula is C25H26N2O3. The number of rotatable bonds is 6. The Morgan fingerprint density at radius 2 is 1.47 bits per heavy atom. The van der Waals surface area contributed by atoms with Gasteiger partial charge in [0.05, 0.1) is 11.3 Å². The lowest BCUT2D eigenvalue weighted by molar-refractivity contribution is 0.0659. The van der Waals surface area contributed by atoms with Gasteiger partial charge in [-0.1, -0.05) is 84.0 Å². The first kappa shape index (κ1) is 21.3. The summed E-state index contributed by atoms with van der Waals surface area (Å²) in [6, 6.07) is 28.9. The largest absolute Gasteiger partial charge is 0.478 e. The van der Waals surface area contributed by atoms with Gasteiger partial charge < -0.3 is 15.7 Å². The van der Waals surface area contributed by atoms with Gasteiger partial charge in [0.1, 0.15) is 6.10 Å². The van der Waals surface area contributed by atoms with E-state index in [0.29, 0.717) is 5.56 Å². The molecule has 1 aliphatic heterocycles. The summed E-state index contributed by atoms with van der Waals surface area (Å²) in [6.07, 6.45) is 2.47. The molecule has 3 aromatic rings. The van der Waals surface area contributed by atoms with Gasteiger partial charge in [0.15, 0.2) is 0 Å². The van der Waals surface area contributed by atoms with E-state index in [4.69, 9.17) is 15.7 Å². The van der Waals surface area contributed by atoms with Crippen molar-refractivity contribution in [2.75, 3.05) is 0 Å². The topological polar surface area (TPSA) is 84.9 Å². The molecule has 4 rings (SSSR count). The molecule has 0 fully saturated rings. The van der Waals surface area contributed by atoms with E-state index in [1.165, 1.54) is 11.1 Å². The van der Waals surface area contributed by atoms with Crippen LogP contribution in [0.25, 0.3) is 0 Å². The number of hydrogen-bond acceptors (Lipinski definition) is 4. The van der Waals surface area contributed by atoms with Gasteiger partial charge in [0, 0.05) is 18.9 Å². The maximum Gasteiger partial charge on any atom is 0.335 e. The molecule has 5 heteroatoms. The molecule has 0 saturated heterocycles. The molecule has 0 aliphatic carbocycles. The zero-order valence-electron chi connectivity index (χ0n) is 16.7. The van der Waals surface area contributed by atoms with Crippen molar-refractivity contribution in [2.45, 2.75) is 31.4 Å². The Kier molecular flexibility index (Phi) is 7.75. The van der Waals surface area contributed by atoms with Gasteiger partial charge in [0.25, 0.3) is 0 Å². The predicted octanol–water partition coefficient (Wildman–Crippen LogP) is 4.33. The van der Waals surface area contributed by atoms with Crippen LogP contribution in [-0.2, 0) is 17.7 Å². The van der Waals surface area contributed by atoms with Gasteiger partial charge in [-0.2, -0.15) is 0 Å². The second-order valence-corrected chi connectivity index (χ2v) is 7.19. The molecule has 0 aromatic heterocycles. The van der Waals surface area contributed by atoms with E-state index in [0.717, 1.165) is 25.0 Å². The summed E-state index contributed by atoms with van der Waals surface area (Å²) in [7, 11) is 0. The van der Waals surface area contributed by atoms with Gasteiger partial charge in [0.2, 0.25) is 0 Å². The molecule has 2 unspecified atom stereocenters. The number of oxime groups is 1. The van der Waals surface area contributed by atoms with Crippen molar-refractivity contribution in [3.05, 3.63) is 108 Å². The molecule has 3 N–H and O–H groups in total. The maximum absolute atomic E-state index is 10.2. The number of nitrogens with two attached hydrogens (primary N) is 1. The Morgan fingerprint density at radius 3 is 2.00 bits per heavy atom. The summed E-state index contributed by atoms with van der Waals surface area (Å²) in [5, 5.41) is 12.6. The van der Waals surface area contributed by atoms with Crippen molar-refractivity contribution in [3.63, 3.8) is 0 Å². The van der Waals surface area contributed by atoms with Crippen LogP contribution < -0.4 is 5.73 Å². The van der Waals surface area contributed by atoms with Crippen molar-refractivity contribution in [1.29, 1.82) is 0 Å². The minimum absolute atomic E-state index is 0.0103. The first-order valence-electron chi connectivity index (χ1n) is 9.95. The molecule has 0 amide bonds. The maximum atomic E-state index is 10.2. The summed E-state index contributed by atoms with van der Waals surface area (Å²) in [5.74, 6) is -0.879. The van der Waals surface area contributed by atoms with Crippen LogP contribution in [0.3, 0.4) is 0 Å². The third-order valence-electron chi connectivity index (χ3n) is 4.82.